The fraction of sp³-hybridized carbons (Fsp3) is 0.188. The van der Waals surface area contributed by atoms with Gasteiger partial charge in [-0.3, -0.25) is 4.79 Å². The van der Waals surface area contributed by atoms with Gasteiger partial charge in [0.2, 0.25) is 0 Å². The lowest BCUT2D eigenvalue weighted by Gasteiger charge is -2.02. The summed E-state index contributed by atoms with van der Waals surface area (Å²) in [5.74, 6) is -0.850. The Labute approximate surface area is 131 Å². The molecule has 2 aromatic heterocycles. The van der Waals surface area contributed by atoms with Gasteiger partial charge in [-0.1, -0.05) is 29.8 Å². The first-order valence-corrected chi connectivity index (χ1v) is 7.00. The highest BCUT2D eigenvalue weighted by Gasteiger charge is 2.17. The first kappa shape index (κ1) is 14.8. The number of benzene rings is 1. The summed E-state index contributed by atoms with van der Waals surface area (Å²) < 4.78 is 6.43. The van der Waals surface area contributed by atoms with Gasteiger partial charge in [0, 0.05) is 17.5 Å². The summed E-state index contributed by atoms with van der Waals surface area (Å²) in [6.45, 7) is 3.39. The number of aromatic nitrogens is 4. The summed E-state index contributed by atoms with van der Waals surface area (Å²) in [5, 5.41) is 4.03. The van der Waals surface area contributed by atoms with E-state index in [0.29, 0.717) is 11.3 Å². The second-order valence-corrected chi connectivity index (χ2v) is 5.10. The number of fused-ring (bicyclic) bond motifs is 1. The summed E-state index contributed by atoms with van der Waals surface area (Å²) in [6.07, 6.45) is 1.58. The maximum Gasteiger partial charge on any atom is 0.378 e. The lowest BCUT2D eigenvalue weighted by molar-refractivity contribution is 0.0463. The van der Waals surface area contributed by atoms with Gasteiger partial charge in [-0.25, -0.2) is 14.3 Å². The van der Waals surface area contributed by atoms with Gasteiger partial charge in [0.1, 0.15) is 0 Å². The molecule has 0 fully saturated rings. The first-order valence-electron chi connectivity index (χ1n) is 7.00. The molecule has 1 aromatic carbocycles. The van der Waals surface area contributed by atoms with Crippen LogP contribution in [0.3, 0.4) is 0 Å². The summed E-state index contributed by atoms with van der Waals surface area (Å²) in [5.41, 5.74) is 2.33. The fourth-order valence-electron chi connectivity index (χ4n) is 2.01. The predicted molar refractivity (Wildman–Crippen MR) is 81.3 cm³/mol. The van der Waals surface area contributed by atoms with E-state index in [9.17, 15) is 9.59 Å². The number of rotatable bonds is 4. The quantitative estimate of drug-likeness (QED) is 0.539. The Hall–Kier alpha value is -3.09. The van der Waals surface area contributed by atoms with Gasteiger partial charge in [0.05, 0.1) is 0 Å². The summed E-state index contributed by atoms with van der Waals surface area (Å²) >= 11 is 0. The van der Waals surface area contributed by atoms with Crippen molar-refractivity contribution in [2.45, 2.75) is 13.8 Å². The molecule has 0 bridgehead atoms. The lowest BCUT2D eigenvalue weighted by atomic mass is 10.1. The third-order valence-electron chi connectivity index (χ3n) is 3.32. The van der Waals surface area contributed by atoms with Crippen LogP contribution in [-0.4, -0.2) is 37.9 Å². The van der Waals surface area contributed by atoms with Gasteiger partial charge >= 0.3 is 5.97 Å². The molecule has 7 heteroatoms. The summed E-state index contributed by atoms with van der Waals surface area (Å²) in [7, 11) is 0. The molecule has 3 aromatic rings. The number of carbonyl (C=O) groups is 2. The third kappa shape index (κ3) is 3.08. The molecule has 3 rings (SSSR count). The van der Waals surface area contributed by atoms with Crippen LogP contribution in [0.25, 0.3) is 5.78 Å². The molecule has 7 nitrogen and oxygen atoms in total. The highest BCUT2D eigenvalue weighted by atomic mass is 16.5. The second kappa shape index (κ2) is 5.96. The predicted octanol–water partition coefficient (Wildman–Crippen LogP) is 1.78. The van der Waals surface area contributed by atoms with Gasteiger partial charge in [-0.15, -0.1) is 5.10 Å². The molecule has 0 aliphatic carbocycles. The number of carbonyl (C=O) groups excluding carboxylic acids is 2. The van der Waals surface area contributed by atoms with Crippen molar-refractivity contribution in [3.8, 4) is 0 Å². The third-order valence-corrected chi connectivity index (χ3v) is 3.32. The van der Waals surface area contributed by atoms with Crippen LogP contribution in [0, 0.1) is 13.8 Å². The maximum absolute atomic E-state index is 12.0. The van der Waals surface area contributed by atoms with E-state index in [0.717, 1.165) is 11.3 Å². The summed E-state index contributed by atoms with van der Waals surface area (Å²) in [4.78, 5) is 32.0. The van der Waals surface area contributed by atoms with Crippen molar-refractivity contribution in [2.24, 2.45) is 0 Å². The van der Waals surface area contributed by atoms with Crippen molar-refractivity contribution in [2.75, 3.05) is 6.61 Å². The number of hydrogen-bond acceptors (Lipinski definition) is 6. The minimum Gasteiger partial charge on any atom is -0.451 e. The molecule has 0 aliphatic rings. The molecule has 0 saturated carbocycles. The van der Waals surface area contributed by atoms with E-state index in [1.54, 1.807) is 24.4 Å². The van der Waals surface area contributed by atoms with Crippen LogP contribution in [0.2, 0.25) is 0 Å². The molecule has 0 aliphatic heterocycles. The monoisotopic (exact) mass is 310 g/mol. The largest absolute Gasteiger partial charge is 0.451 e. The average Bonchev–Trinajstić information content (AvgIpc) is 2.99. The number of hydrogen-bond donors (Lipinski definition) is 0. The van der Waals surface area contributed by atoms with E-state index in [2.05, 4.69) is 15.1 Å². The van der Waals surface area contributed by atoms with Crippen molar-refractivity contribution in [3.63, 3.8) is 0 Å². The van der Waals surface area contributed by atoms with Crippen molar-refractivity contribution in [1.82, 2.24) is 19.6 Å². The van der Waals surface area contributed by atoms with Crippen LogP contribution in [0.5, 0.6) is 0 Å². The number of Topliss-reactive ketones (excluding diaryl/α,β-unsaturated/α-hetero) is 1. The van der Waals surface area contributed by atoms with Gasteiger partial charge in [0.25, 0.3) is 11.6 Å². The zero-order valence-electron chi connectivity index (χ0n) is 12.7. The fourth-order valence-corrected chi connectivity index (χ4v) is 2.01. The smallest absolute Gasteiger partial charge is 0.378 e. The van der Waals surface area contributed by atoms with Crippen LogP contribution in [-0.2, 0) is 4.74 Å². The van der Waals surface area contributed by atoms with Crippen LogP contribution in [0.15, 0.2) is 36.5 Å². The lowest BCUT2D eigenvalue weighted by Crippen LogP contribution is -2.15. The molecule has 0 unspecified atom stereocenters. The average molecular weight is 310 g/mol. The zero-order valence-corrected chi connectivity index (χ0v) is 12.7. The molecule has 0 saturated heterocycles. The van der Waals surface area contributed by atoms with Crippen molar-refractivity contribution >= 4 is 17.5 Å². The molecule has 0 atom stereocenters. The van der Waals surface area contributed by atoms with Gasteiger partial charge in [0.15, 0.2) is 12.4 Å². The Morgan fingerprint density at radius 1 is 1.13 bits per heavy atom. The Bertz CT molecular complexity index is 884. The van der Waals surface area contributed by atoms with E-state index in [1.807, 2.05) is 26.0 Å². The van der Waals surface area contributed by atoms with Crippen molar-refractivity contribution < 1.29 is 14.3 Å². The zero-order chi connectivity index (χ0) is 16.4. The van der Waals surface area contributed by atoms with Crippen LogP contribution < -0.4 is 0 Å². The molecular formula is C16H14N4O3. The van der Waals surface area contributed by atoms with E-state index in [1.165, 1.54) is 4.52 Å². The Kier molecular flexibility index (Phi) is 3.84. The molecule has 0 amide bonds. The molecule has 0 radical (unpaired) electrons. The molecule has 0 spiro atoms. The number of esters is 1. The standard InChI is InChI=1S/C16H14N4O3/c1-10-3-5-12(6-4-10)13(21)9-23-15(22)14-18-16-17-8-7-11(2)20(16)19-14/h3-8H,9H2,1-2H3. The second-order valence-electron chi connectivity index (χ2n) is 5.10. The Balaban J connectivity index is 1.69. The topological polar surface area (TPSA) is 86.5 Å². The van der Waals surface area contributed by atoms with Crippen molar-refractivity contribution in [3.05, 3.63) is 59.2 Å². The van der Waals surface area contributed by atoms with E-state index in [-0.39, 0.29) is 18.2 Å². The van der Waals surface area contributed by atoms with Crippen LogP contribution in [0.4, 0.5) is 0 Å². The summed E-state index contributed by atoms with van der Waals surface area (Å²) in [6, 6.07) is 8.79. The minimum atomic E-state index is -0.754. The molecule has 116 valence electrons. The number of aryl methyl sites for hydroxylation is 2. The molecular weight excluding hydrogens is 296 g/mol. The highest BCUT2D eigenvalue weighted by molar-refractivity contribution is 5.98. The van der Waals surface area contributed by atoms with Gasteiger partial charge in [-0.05, 0) is 19.9 Å². The Morgan fingerprint density at radius 3 is 2.57 bits per heavy atom. The number of ether oxygens (including phenoxy) is 1. The van der Waals surface area contributed by atoms with Gasteiger partial charge < -0.3 is 4.74 Å². The van der Waals surface area contributed by atoms with Crippen molar-refractivity contribution in [1.29, 1.82) is 0 Å². The first-order chi connectivity index (χ1) is 11.0. The maximum atomic E-state index is 12.0. The normalized spacial score (nSPS) is 10.7. The molecule has 2 heterocycles. The number of nitrogens with zero attached hydrogens (tertiary/aromatic N) is 4. The van der Waals surface area contributed by atoms with E-state index < -0.39 is 5.97 Å². The highest BCUT2D eigenvalue weighted by Crippen LogP contribution is 2.06. The van der Waals surface area contributed by atoms with E-state index in [4.69, 9.17) is 4.74 Å². The molecule has 23 heavy (non-hydrogen) atoms. The number of ketones is 1. The Morgan fingerprint density at radius 2 is 1.87 bits per heavy atom. The SMILES string of the molecule is Cc1ccc(C(=O)COC(=O)c2nc3nccc(C)n3n2)cc1. The van der Waals surface area contributed by atoms with Crippen LogP contribution >= 0.6 is 0 Å². The van der Waals surface area contributed by atoms with Crippen LogP contribution in [0.1, 0.15) is 32.2 Å². The molecule has 0 N–H and O–H groups in total. The van der Waals surface area contributed by atoms with E-state index >= 15 is 0 Å². The van der Waals surface area contributed by atoms with Gasteiger partial charge in [-0.2, -0.15) is 4.98 Å². The minimum absolute atomic E-state index is 0.122.